The van der Waals surface area contributed by atoms with Gasteiger partial charge in [0.1, 0.15) is 11.5 Å². The number of morpholine rings is 1. The number of anilines is 1. The summed E-state index contributed by atoms with van der Waals surface area (Å²) < 4.78 is 43.3. The molecule has 0 saturated carbocycles. The zero-order valence-corrected chi connectivity index (χ0v) is 18.2. The molecule has 0 spiro atoms. The molecule has 1 fully saturated rings. The fourth-order valence-corrected chi connectivity index (χ4v) is 4.94. The van der Waals surface area contributed by atoms with E-state index >= 15 is 0 Å². The number of hydrogen-bond acceptors (Lipinski definition) is 6. The molecular weight excluding hydrogens is 408 g/mol. The van der Waals surface area contributed by atoms with Gasteiger partial charge in [-0.25, -0.2) is 8.42 Å². The van der Waals surface area contributed by atoms with Crippen molar-refractivity contribution in [1.29, 1.82) is 0 Å². The van der Waals surface area contributed by atoms with Crippen LogP contribution in [0.2, 0.25) is 0 Å². The minimum atomic E-state index is -3.66. The fourth-order valence-electron chi connectivity index (χ4n) is 3.35. The molecule has 0 unspecified atom stereocenters. The number of amides is 1. The van der Waals surface area contributed by atoms with E-state index in [0.29, 0.717) is 35.8 Å². The van der Waals surface area contributed by atoms with Gasteiger partial charge < -0.3 is 19.5 Å². The third-order valence-corrected chi connectivity index (χ3v) is 6.64. The van der Waals surface area contributed by atoms with Gasteiger partial charge in [-0.3, -0.25) is 4.79 Å². The van der Waals surface area contributed by atoms with Crippen molar-refractivity contribution in [2.75, 3.05) is 32.6 Å². The average Bonchev–Trinajstić information content (AvgIpc) is 2.73. The SMILES string of the molecule is COc1ccc(NC(=O)c2ccc(S(=O)(=O)N3C[C@H](C)O[C@@H](C)C3)cc2)c(OC)c1. The topological polar surface area (TPSA) is 94.2 Å². The van der Waals surface area contributed by atoms with Crippen molar-refractivity contribution in [2.24, 2.45) is 0 Å². The number of hydrogen-bond donors (Lipinski definition) is 1. The highest BCUT2D eigenvalue weighted by Gasteiger charge is 2.32. The van der Waals surface area contributed by atoms with E-state index in [1.165, 1.54) is 35.7 Å². The Bertz CT molecular complexity index is 997. The second kappa shape index (κ2) is 9.03. The monoisotopic (exact) mass is 434 g/mol. The minimum Gasteiger partial charge on any atom is -0.497 e. The first-order valence-corrected chi connectivity index (χ1v) is 11.0. The summed E-state index contributed by atoms with van der Waals surface area (Å²) in [6.07, 6.45) is -0.346. The van der Waals surface area contributed by atoms with Gasteiger partial charge in [0, 0.05) is 24.7 Å². The van der Waals surface area contributed by atoms with Crippen molar-refractivity contribution in [1.82, 2.24) is 4.31 Å². The molecular formula is C21H26N2O6S. The number of benzene rings is 2. The van der Waals surface area contributed by atoms with Crippen LogP contribution in [0.1, 0.15) is 24.2 Å². The molecule has 1 amide bonds. The molecule has 162 valence electrons. The van der Waals surface area contributed by atoms with E-state index in [4.69, 9.17) is 14.2 Å². The molecule has 0 aliphatic carbocycles. The molecule has 1 N–H and O–H groups in total. The molecule has 1 saturated heterocycles. The quantitative estimate of drug-likeness (QED) is 0.751. The zero-order chi connectivity index (χ0) is 21.9. The molecule has 0 radical (unpaired) electrons. The Labute approximate surface area is 176 Å². The van der Waals surface area contributed by atoms with Crippen LogP contribution in [0.5, 0.6) is 11.5 Å². The number of methoxy groups -OCH3 is 2. The number of nitrogens with zero attached hydrogens (tertiary/aromatic N) is 1. The Morgan fingerprint density at radius 1 is 1.03 bits per heavy atom. The van der Waals surface area contributed by atoms with Crippen LogP contribution in [0.25, 0.3) is 0 Å². The minimum absolute atomic E-state index is 0.141. The van der Waals surface area contributed by atoms with Crippen LogP contribution in [0.15, 0.2) is 47.4 Å². The number of carbonyl (C=O) groups is 1. The lowest BCUT2D eigenvalue weighted by Crippen LogP contribution is -2.48. The lowest BCUT2D eigenvalue weighted by atomic mass is 10.2. The van der Waals surface area contributed by atoms with Crippen LogP contribution in [0, 0.1) is 0 Å². The molecule has 0 aromatic heterocycles. The van der Waals surface area contributed by atoms with Crippen molar-refractivity contribution in [3.05, 3.63) is 48.0 Å². The maximum atomic E-state index is 12.9. The van der Waals surface area contributed by atoms with E-state index in [1.54, 1.807) is 25.3 Å². The van der Waals surface area contributed by atoms with Gasteiger partial charge in [0.25, 0.3) is 5.91 Å². The summed E-state index contributed by atoms with van der Waals surface area (Å²) in [7, 11) is -0.620. The number of rotatable bonds is 6. The lowest BCUT2D eigenvalue weighted by molar-refractivity contribution is -0.0440. The second-order valence-corrected chi connectivity index (χ2v) is 9.06. The normalized spacial score (nSPS) is 19.9. The maximum absolute atomic E-state index is 12.9. The largest absolute Gasteiger partial charge is 0.497 e. The maximum Gasteiger partial charge on any atom is 0.255 e. The van der Waals surface area contributed by atoms with Gasteiger partial charge in [-0.15, -0.1) is 0 Å². The number of carbonyl (C=O) groups excluding carboxylic acids is 1. The van der Waals surface area contributed by atoms with Crippen molar-refractivity contribution in [2.45, 2.75) is 31.0 Å². The first-order valence-electron chi connectivity index (χ1n) is 9.53. The molecule has 1 aliphatic heterocycles. The molecule has 3 rings (SSSR count). The van der Waals surface area contributed by atoms with Crippen molar-refractivity contribution < 1.29 is 27.4 Å². The molecule has 1 heterocycles. The third-order valence-electron chi connectivity index (χ3n) is 4.80. The van der Waals surface area contributed by atoms with Crippen molar-refractivity contribution in [3.8, 4) is 11.5 Å². The number of ether oxygens (including phenoxy) is 3. The van der Waals surface area contributed by atoms with Crippen LogP contribution in [-0.2, 0) is 14.8 Å². The molecule has 30 heavy (non-hydrogen) atoms. The highest BCUT2D eigenvalue weighted by atomic mass is 32.2. The first-order chi connectivity index (χ1) is 14.2. The summed E-state index contributed by atoms with van der Waals surface area (Å²) in [5.41, 5.74) is 0.812. The standard InChI is InChI=1S/C21H26N2O6S/c1-14-12-23(13-15(2)29-14)30(25,26)18-8-5-16(6-9-18)21(24)22-19-10-7-17(27-3)11-20(19)28-4/h5-11,14-15H,12-13H2,1-4H3,(H,22,24)/t14-,15-/m0/s1. The lowest BCUT2D eigenvalue weighted by Gasteiger charge is -2.34. The number of sulfonamides is 1. The summed E-state index contributed by atoms with van der Waals surface area (Å²) in [5.74, 6) is 0.680. The van der Waals surface area contributed by atoms with E-state index in [1.807, 2.05) is 13.8 Å². The van der Waals surface area contributed by atoms with Crippen molar-refractivity contribution in [3.63, 3.8) is 0 Å². The fraction of sp³-hybridized carbons (Fsp3) is 0.381. The van der Waals surface area contributed by atoms with E-state index in [0.717, 1.165) is 0 Å². The van der Waals surface area contributed by atoms with Gasteiger partial charge >= 0.3 is 0 Å². The summed E-state index contributed by atoms with van der Waals surface area (Å²) >= 11 is 0. The Kier molecular flexibility index (Phi) is 6.64. The Morgan fingerprint density at radius 2 is 1.67 bits per heavy atom. The molecule has 0 bridgehead atoms. The third kappa shape index (κ3) is 4.75. The Hall–Kier alpha value is -2.62. The predicted molar refractivity (Wildman–Crippen MR) is 113 cm³/mol. The van der Waals surface area contributed by atoms with E-state index in [9.17, 15) is 13.2 Å². The zero-order valence-electron chi connectivity index (χ0n) is 17.4. The van der Waals surface area contributed by atoms with Crippen molar-refractivity contribution >= 4 is 21.6 Å². The van der Waals surface area contributed by atoms with Gasteiger partial charge in [-0.1, -0.05) is 0 Å². The van der Waals surface area contributed by atoms with Crippen LogP contribution in [0.3, 0.4) is 0 Å². The summed E-state index contributed by atoms with van der Waals surface area (Å²) in [6, 6.07) is 10.9. The van der Waals surface area contributed by atoms with Crippen LogP contribution in [-0.4, -0.2) is 58.1 Å². The number of nitrogens with one attached hydrogen (secondary N) is 1. The average molecular weight is 435 g/mol. The van der Waals surface area contributed by atoms with Crippen LogP contribution >= 0.6 is 0 Å². The first kappa shape index (κ1) is 22.1. The summed E-state index contributed by atoms with van der Waals surface area (Å²) in [4.78, 5) is 12.8. The molecule has 1 aliphatic rings. The van der Waals surface area contributed by atoms with Gasteiger partial charge in [0.05, 0.1) is 37.0 Å². The summed E-state index contributed by atoms with van der Waals surface area (Å²) in [5, 5.41) is 2.77. The smallest absolute Gasteiger partial charge is 0.255 e. The molecule has 2 aromatic rings. The van der Waals surface area contributed by atoms with E-state index in [2.05, 4.69) is 5.32 Å². The summed E-state index contributed by atoms with van der Waals surface area (Å²) in [6.45, 7) is 4.29. The highest BCUT2D eigenvalue weighted by Crippen LogP contribution is 2.29. The molecule has 2 atom stereocenters. The van der Waals surface area contributed by atoms with Gasteiger partial charge in [0.2, 0.25) is 10.0 Å². The highest BCUT2D eigenvalue weighted by molar-refractivity contribution is 7.89. The van der Waals surface area contributed by atoms with Gasteiger partial charge in [0.15, 0.2) is 0 Å². The van der Waals surface area contributed by atoms with Crippen LogP contribution < -0.4 is 14.8 Å². The Balaban J connectivity index is 1.76. The Morgan fingerprint density at radius 3 is 2.23 bits per heavy atom. The van der Waals surface area contributed by atoms with Crippen LogP contribution in [0.4, 0.5) is 5.69 Å². The predicted octanol–water partition coefficient (Wildman–Crippen LogP) is 2.75. The second-order valence-electron chi connectivity index (χ2n) is 7.12. The molecule has 2 aromatic carbocycles. The molecule has 8 nitrogen and oxygen atoms in total. The molecule has 9 heteroatoms. The van der Waals surface area contributed by atoms with E-state index in [-0.39, 0.29) is 23.0 Å². The van der Waals surface area contributed by atoms with E-state index < -0.39 is 10.0 Å². The van der Waals surface area contributed by atoms with Gasteiger partial charge in [-0.2, -0.15) is 4.31 Å². The van der Waals surface area contributed by atoms with Gasteiger partial charge in [-0.05, 0) is 50.2 Å².